The summed E-state index contributed by atoms with van der Waals surface area (Å²) < 4.78 is 11.3. The highest BCUT2D eigenvalue weighted by atomic mass is 16.5. The van der Waals surface area contributed by atoms with Crippen LogP contribution in [0.5, 0.6) is 5.75 Å². The normalized spacial score (nSPS) is 19.2. The molecule has 2 heterocycles. The molecule has 33 heavy (non-hydrogen) atoms. The second kappa shape index (κ2) is 11.2. The fourth-order valence-corrected chi connectivity index (χ4v) is 4.31. The van der Waals surface area contributed by atoms with Gasteiger partial charge in [0.05, 0.1) is 25.4 Å². The Bertz CT molecular complexity index is 931. The number of urea groups is 1. The number of morpholine rings is 1. The number of piperazine rings is 1. The average Bonchev–Trinajstić information content (AvgIpc) is 2.88. The molecule has 2 aromatic carbocycles. The number of rotatable bonds is 6. The highest BCUT2D eigenvalue weighted by molar-refractivity contribution is 5.97. The van der Waals surface area contributed by atoms with Crippen molar-refractivity contribution in [3.8, 4) is 5.75 Å². The van der Waals surface area contributed by atoms with E-state index in [2.05, 4.69) is 10.2 Å². The molecular formula is C25H32N4O4. The topological polar surface area (TPSA) is 74.4 Å². The Hall–Kier alpha value is -3.10. The van der Waals surface area contributed by atoms with Crippen molar-refractivity contribution in [1.82, 2.24) is 20.0 Å². The van der Waals surface area contributed by atoms with Crippen LogP contribution in [0.3, 0.4) is 0 Å². The predicted molar refractivity (Wildman–Crippen MR) is 125 cm³/mol. The van der Waals surface area contributed by atoms with Crippen molar-refractivity contribution < 1.29 is 19.1 Å². The summed E-state index contributed by atoms with van der Waals surface area (Å²) in [5.74, 6) is 0.605. The van der Waals surface area contributed by atoms with E-state index in [4.69, 9.17) is 9.47 Å². The second-order valence-corrected chi connectivity index (χ2v) is 8.38. The van der Waals surface area contributed by atoms with Gasteiger partial charge in [-0.1, -0.05) is 42.5 Å². The SMILES string of the molecule is COc1ccccc1C(=O)N1CCN(CC2CN(C(=O)NCc3ccccc3)CCO2)CC1. The minimum absolute atomic E-state index is 0.00211. The van der Waals surface area contributed by atoms with E-state index < -0.39 is 0 Å². The van der Waals surface area contributed by atoms with Crippen LogP contribution in [0, 0.1) is 0 Å². The number of amides is 3. The number of benzene rings is 2. The van der Waals surface area contributed by atoms with Gasteiger partial charge < -0.3 is 24.6 Å². The number of carbonyl (C=O) groups excluding carboxylic acids is 2. The fraction of sp³-hybridized carbons (Fsp3) is 0.440. The molecule has 0 bridgehead atoms. The lowest BCUT2D eigenvalue weighted by Gasteiger charge is -2.39. The molecule has 4 rings (SSSR count). The highest BCUT2D eigenvalue weighted by Crippen LogP contribution is 2.20. The summed E-state index contributed by atoms with van der Waals surface area (Å²) in [4.78, 5) is 31.5. The molecule has 3 amide bonds. The van der Waals surface area contributed by atoms with Crippen LogP contribution in [0.4, 0.5) is 4.79 Å². The maximum absolute atomic E-state index is 12.9. The Morgan fingerprint density at radius 1 is 0.970 bits per heavy atom. The maximum atomic E-state index is 12.9. The van der Waals surface area contributed by atoms with Crippen molar-refractivity contribution in [2.24, 2.45) is 0 Å². The largest absolute Gasteiger partial charge is 0.496 e. The van der Waals surface area contributed by atoms with Crippen molar-refractivity contribution in [2.75, 3.05) is 59.5 Å². The molecule has 2 aliphatic heterocycles. The van der Waals surface area contributed by atoms with Crippen LogP contribution >= 0.6 is 0 Å². The zero-order chi connectivity index (χ0) is 23.0. The molecule has 176 valence electrons. The van der Waals surface area contributed by atoms with Crippen molar-refractivity contribution in [1.29, 1.82) is 0 Å². The lowest BCUT2D eigenvalue weighted by atomic mass is 10.1. The monoisotopic (exact) mass is 452 g/mol. The van der Waals surface area contributed by atoms with Gasteiger partial charge in [0.1, 0.15) is 5.75 Å². The lowest BCUT2D eigenvalue weighted by molar-refractivity contribution is -0.0353. The van der Waals surface area contributed by atoms with Crippen LogP contribution in [0.15, 0.2) is 54.6 Å². The number of carbonyl (C=O) groups is 2. The third kappa shape index (κ3) is 6.03. The lowest BCUT2D eigenvalue weighted by Crippen LogP contribution is -2.55. The number of nitrogens with one attached hydrogen (secondary N) is 1. The third-order valence-corrected chi connectivity index (χ3v) is 6.17. The number of ether oxygens (including phenoxy) is 2. The molecule has 0 saturated carbocycles. The summed E-state index contributed by atoms with van der Waals surface area (Å²) in [5.41, 5.74) is 1.68. The molecule has 2 fully saturated rings. The zero-order valence-corrected chi connectivity index (χ0v) is 19.1. The van der Waals surface area contributed by atoms with Crippen LogP contribution < -0.4 is 10.1 Å². The Labute approximate surface area is 195 Å². The Morgan fingerprint density at radius 3 is 2.45 bits per heavy atom. The van der Waals surface area contributed by atoms with E-state index in [1.54, 1.807) is 13.2 Å². The van der Waals surface area contributed by atoms with Gasteiger partial charge in [-0.25, -0.2) is 4.79 Å². The maximum Gasteiger partial charge on any atom is 0.317 e. The molecule has 0 spiro atoms. The van der Waals surface area contributed by atoms with Crippen LogP contribution in [0.2, 0.25) is 0 Å². The first-order valence-corrected chi connectivity index (χ1v) is 11.5. The van der Waals surface area contributed by atoms with Crippen molar-refractivity contribution >= 4 is 11.9 Å². The summed E-state index contributed by atoms with van der Waals surface area (Å²) in [7, 11) is 1.58. The van der Waals surface area contributed by atoms with E-state index >= 15 is 0 Å². The van der Waals surface area contributed by atoms with Gasteiger partial charge in [0.15, 0.2) is 0 Å². The zero-order valence-electron chi connectivity index (χ0n) is 19.1. The third-order valence-electron chi connectivity index (χ3n) is 6.17. The summed E-state index contributed by atoms with van der Waals surface area (Å²) in [6.07, 6.45) is -0.0299. The molecule has 0 radical (unpaired) electrons. The minimum atomic E-state index is -0.0561. The first-order valence-electron chi connectivity index (χ1n) is 11.5. The first-order chi connectivity index (χ1) is 16.1. The van der Waals surface area contributed by atoms with Gasteiger partial charge in [-0.3, -0.25) is 9.69 Å². The summed E-state index contributed by atoms with van der Waals surface area (Å²) in [6, 6.07) is 17.2. The van der Waals surface area contributed by atoms with Crippen molar-refractivity contribution in [3.63, 3.8) is 0 Å². The molecule has 1 N–H and O–H groups in total. The summed E-state index contributed by atoms with van der Waals surface area (Å²) >= 11 is 0. The van der Waals surface area contributed by atoms with E-state index in [1.165, 1.54) is 0 Å². The number of para-hydroxylation sites is 1. The van der Waals surface area contributed by atoms with Gasteiger partial charge in [0.2, 0.25) is 0 Å². The summed E-state index contributed by atoms with van der Waals surface area (Å²) in [6.45, 7) is 5.84. The Balaban J connectivity index is 1.23. The number of nitrogens with zero attached hydrogens (tertiary/aromatic N) is 3. The van der Waals surface area contributed by atoms with E-state index in [-0.39, 0.29) is 18.0 Å². The first kappa shape index (κ1) is 23.1. The van der Waals surface area contributed by atoms with E-state index in [1.807, 2.05) is 58.3 Å². The molecule has 1 atom stereocenters. The molecule has 2 saturated heterocycles. The smallest absolute Gasteiger partial charge is 0.317 e. The van der Waals surface area contributed by atoms with Gasteiger partial charge in [0.25, 0.3) is 5.91 Å². The fourth-order valence-electron chi connectivity index (χ4n) is 4.31. The molecule has 8 heteroatoms. The number of methoxy groups -OCH3 is 1. The highest BCUT2D eigenvalue weighted by Gasteiger charge is 2.29. The molecule has 0 aromatic heterocycles. The average molecular weight is 453 g/mol. The molecule has 2 aromatic rings. The van der Waals surface area contributed by atoms with Crippen LogP contribution in [0.1, 0.15) is 15.9 Å². The van der Waals surface area contributed by atoms with Gasteiger partial charge in [0, 0.05) is 52.4 Å². The molecule has 0 aliphatic carbocycles. The standard InChI is InChI=1S/C25H32N4O4/c1-32-23-10-6-5-9-22(23)24(30)28-13-11-27(12-14-28)18-21-19-29(15-16-33-21)25(31)26-17-20-7-3-2-4-8-20/h2-10,21H,11-19H2,1H3,(H,26,31). The van der Waals surface area contributed by atoms with Crippen LogP contribution in [-0.4, -0.2) is 92.3 Å². The van der Waals surface area contributed by atoms with Gasteiger partial charge in [-0.05, 0) is 17.7 Å². The minimum Gasteiger partial charge on any atom is -0.496 e. The molecule has 1 unspecified atom stereocenters. The quantitative estimate of drug-likeness (QED) is 0.726. The Kier molecular flexibility index (Phi) is 7.80. The van der Waals surface area contributed by atoms with Crippen LogP contribution in [-0.2, 0) is 11.3 Å². The van der Waals surface area contributed by atoms with E-state index in [9.17, 15) is 9.59 Å². The number of hydrogen-bond acceptors (Lipinski definition) is 5. The molecule has 2 aliphatic rings. The molecule has 8 nitrogen and oxygen atoms in total. The Morgan fingerprint density at radius 2 is 1.70 bits per heavy atom. The van der Waals surface area contributed by atoms with E-state index in [0.717, 1.165) is 25.2 Å². The van der Waals surface area contributed by atoms with Gasteiger partial charge in [-0.15, -0.1) is 0 Å². The van der Waals surface area contributed by atoms with Gasteiger partial charge in [-0.2, -0.15) is 0 Å². The molecular weight excluding hydrogens is 420 g/mol. The van der Waals surface area contributed by atoms with Crippen molar-refractivity contribution in [2.45, 2.75) is 12.6 Å². The number of hydrogen-bond donors (Lipinski definition) is 1. The van der Waals surface area contributed by atoms with Gasteiger partial charge >= 0.3 is 6.03 Å². The van der Waals surface area contributed by atoms with E-state index in [0.29, 0.717) is 50.6 Å². The second-order valence-electron chi connectivity index (χ2n) is 8.38. The van der Waals surface area contributed by atoms with Crippen LogP contribution in [0.25, 0.3) is 0 Å². The predicted octanol–water partition coefficient (Wildman–Crippen LogP) is 2.06. The summed E-state index contributed by atoms with van der Waals surface area (Å²) in [5, 5.41) is 3.00. The van der Waals surface area contributed by atoms with Crippen molar-refractivity contribution in [3.05, 3.63) is 65.7 Å².